The third-order valence-corrected chi connectivity index (χ3v) is 5.18. The van der Waals surface area contributed by atoms with Crippen LogP contribution in [0.3, 0.4) is 0 Å². The van der Waals surface area contributed by atoms with Gasteiger partial charge in [-0.1, -0.05) is 48.5 Å². The third-order valence-electron chi connectivity index (χ3n) is 5.18. The standard InChI is InChI=1S/C22H29N3O2.2ClH/c1-27-21-12-6-5-11-18(21)20(25-13-7-8-14-25)16-24-22(26)19(23)15-17-9-3-2-4-10-17;;/h2-6,9-12,19-20H,7-8,13-16,23H2,1H3,(H,24,26);2*1H. The van der Waals surface area contributed by atoms with Crippen molar-refractivity contribution < 1.29 is 9.53 Å². The van der Waals surface area contributed by atoms with Crippen molar-refractivity contribution in [1.82, 2.24) is 10.2 Å². The van der Waals surface area contributed by atoms with Gasteiger partial charge < -0.3 is 15.8 Å². The number of methoxy groups -OCH3 is 1. The molecule has 1 saturated heterocycles. The van der Waals surface area contributed by atoms with Crippen LogP contribution in [-0.2, 0) is 11.2 Å². The second-order valence-corrected chi connectivity index (χ2v) is 7.04. The number of hydrogen-bond donors (Lipinski definition) is 2. The summed E-state index contributed by atoms with van der Waals surface area (Å²) >= 11 is 0. The normalized spacial score (nSPS) is 15.5. The second kappa shape index (κ2) is 12.7. The van der Waals surface area contributed by atoms with Gasteiger partial charge in [0.05, 0.1) is 19.2 Å². The Morgan fingerprint density at radius 2 is 1.69 bits per heavy atom. The van der Waals surface area contributed by atoms with E-state index in [-0.39, 0.29) is 36.8 Å². The average molecular weight is 440 g/mol. The lowest BCUT2D eigenvalue weighted by Crippen LogP contribution is -2.45. The molecule has 2 unspecified atom stereocenters. The molecule has 1 fully saturated rings. The molecule has 3 N–H and O–H groups in total. The number of nitrogens with two attached hydrogens (primary N) is 1. The third kappa shape index (κ3) is 6.89. The van der Waals surface area contributed by atoms with E-state index in [1.54, 1.807) is 7.11 Å². The molecule has 0 aromatic heterocycles. The molecule has 1 aliphatic rings. The molecule has 160 valence electrons. The summed E-state index contributed by atoms with van der Waals surface area (Å²) in [7, 11) is 1.69. The zero-order valence-electron chi connectivity index (χ0n) is 16.8. The minimum atomic E-state index is -0.552. The largest absolute Gasteiger partial charge is 0.496 e. The van der Waals surface area contributed by atoms with Crippen molar-refractivity contribution in [1.29, 1.82) is 0 Å². The summed E-state index contributed by atoms with van der Waals surface area (Å²) in [6.45, 7) is 2.60. The smallest absolute Gasteiger partial charge is 0.237 e. The van der Waals surface area contributed by atoms with E-state index in [4.69, 9.17) is 10.5 Å². The van der Waals surface area contributed by atoms with Gasteiger partial charge in [-0.3, -0.25) is 9.69 Å². The fraction of sp³-hybridized carbons (Fsp3) is 0.409. The average Bonchev–Trinajstić information content (AvgIpc) is 3.23. The Balaban J connectivity index is 0.00000210. The molecule has 0 bridgehead atoms. The van der Waals surface area contributed by atoms with Crippen LogP contribution < -0.4 is 15.8 Å². The molecule has 2 aromatic carbocycles. The van der Waals surface area contributed by atoms with E-state index < -0.39 is 6.04 Å². The van der Waals surface area contributed by atoms with Gasteiger partial charge in [-0.2, -0.15) is 0 Å². The van der Waals surface area contributed by atoms with Crippen LogP contribution >= 0.6 is 24.8 Å². The van der Waals surface area contributed by atoms with Gasteiger partial charge in [0, 0.05) is 12.1 Å². The fourth-order valence-corrected chi connectivity index (χ4v) is 3.72. The molecule has 29 heavy (non-hydrogen) atoms. The highest BCUT2D eigenvalue weighted by molar-refractivity contribution is 5.85. The van der Waals surface area contributed by atoms with Crippen molar-refractivity contribution in [2.45, 2.75) is 31.3 Å². The van der Waals surface area contributed by atoms with Crippen molar-refractivity contribution >= 4 is 30.7 Å². The predicted molar refractivity (Wildman–Crippen MR) is 122 cm³/mol. The lowest BCUT2D eigenvalue weighted by molar-refractivity contribution is -0.122. The van der Waals surface area contributed by atoms with E-state index in [2.05, 4.69) is 16.3 Å². The van der Waals surface area contributed by atoms with Crippen LogP contribution in [-0.4, -0.2) is 43.6 Å². The first-order chi connectivity index (χ1) is 13.2. The molecule has 2 aromatic rings. The van der Waals surface area contributed by atoms with Gasteiger partial charge in [-0.25, -0.2) is 0 Å². The van der Waals surface area contributed by atoms with Gasteiger partial charge in [0.1, 0.15) is 5.75 Å². The topological polar surface area (TPSA) is 67.6 Å². The second-order valence-electron chi connectivity index (χ2n) is 7.04. The Labute approximate surface area is 185 Å². The van der Waals surface area contributed by atoms with Crippen molar-refractivity contribution in [3.05, 3.63) is 65.7 Å². The van der Waals surface area contributed by atoms with Crippen LogP contribution in [0.15, 0.2) is 54.6 Å². The highest BCUT2D eigenvalue weighted by Gasteiger charge is 2.27. The van der Waals surface area contributed by atoms with E-state index in [0.717, 1.165) is 30.0 Å². The monoisotopic (exact) mass is 439 g/mol. The summed E-state index contributed by atoms with van der Waals surface area (Å²) in [6.07, 6.45) is 2.91. The summed E-state index contributed by atoms with van der Waals surface area (Å²) in [5.74, 6) is 0.746. The molecule has 0 radical (unpaired) electrons. The van der Waals surface area contributed by atoms with Gasteiger partial charge in [-0.15, -0.1) is 24.8 Å². The number of hydrogen-bond acceptors (Lipinski definition) is 4. The molecule has 1 amide bonds. The number of nitrogens with zero attached hydrogens (tertiary/aromatic N) is 1. The summed E-state index contributed by atoms with van der Waals surface area (Å²) in [6, 6.07) is 17.5. The maximum atomic E-state index is 12.6. The molecule has 0 aliphatic carbocycles. The molecule has 0 saturated carbocycles. The quantitative estimate of drug-likeness (QED) is 0.661. The Morgan fingerprint density at radius 3 is 2.34 bits per heavy atom. The fourth-order valence-electron chi connectivity index (χ4n) is 3.72. The van der Waals surface area contributed by atoms with E-state index in [9.17, 15) is 4.79 Å². The van der Waals surface area contributed by atoms with Crippen LogP contribution in [0, 0.1) is 0 Å². The Kier molecular flexibility index (Phi) is 11.1. The zero-order valence-corrected chi connectivity index (χ0v) is 18.4. The number of para-hydroxylation sites is 1. The van der Waals surface area contributed by atoms with Crippen molar-refractivity contribution in [2.75, 3.05) is 26.7 Å². The van der Waals surface area contributed by atoms with Crippen molar-refractivity contribution in [3.8, 4) is 5.75 Å². The minimum Gasteiger partial charge on any atom is -0.496 e. The maximum Gasteiger partial charge on any atom is 0.237 e. The molecule has 2 atom stereocenters. The number of amides is 1. The molecule has 0 spiro atoms. The first-order valence-corrected chi connectivity index (χ1v) is 9.63. The number of rotatable bonds is 8. The highest BCUT2D eigenvalue weighted by Crippen LogP contribution is 2.31. The van der Waals surface area contributed by atoms with E-state index in [1.807, 2.05) is 48.5 Å². The minimum absolute atomic E-state index is 0. The number of nitrogens with one attached hydrogen (secondary N) is 1. The molecule has 7 heteroatoms. The molecule has 5 nitrogen and oxygen atoms in total. The number of carbonyl (C=O) groups is 1. The number of carbonyl (C=O) groups excluding carboxylic acids is 1. The van der Waals surface area contributed by atoms with Crippen molar-refractivity contribution in [2.24, 2.45) is 5.73 Å². The van der Waals surface area contributed by atoms with E-state index >= 15 is 0 Å². The molecule has 3 rings (SSSR count). The highest BCUT2D eigenvalue weighted by atomic mass is 35.5. The van der Waals surface area contributed by atoms with E-state index in [0.29, 0.717) is 13.0 Å². The van der Waals surface area contributed by atoms with Gasteiger partial charge in [0.15, 0.2) is 0 Å². The lowest BCUT2D eigenvalue weighted by atomic mass is 10.0. The molecular weight excluding hydrogens is 409 g/mol. The van der Waals surface area contributed by atoms with E-state index in [1.165, 1.54) is 12.8 Å². The van der Waals surface area contributed by atoms with Crippen LogP contribution in [0.25, 0.3) is 0 Å². The molecule has 1 heterocycles. The zero-order chi connectivity index (χ0) is 19.1. The van der Waals surface area contributed by atoms with Crippen LogP contribution in [0.1, 0.15) is 30.0 Å². The summed E-state index contributed by atoms with van der Waals surface area (Å²) in [5, 5.41) is 3.07. The van der Waals surface area contributed by atoms with Gasteiger partial charge in [-0.05, 0) is 44.0 Å². The Hall–Kier alpha value is -1.79. The number of halogens is 2. The maximum absolute atomic E-state index is 12.6. The van der Waals surface area contributed by atoms with Crippen LogP contribution in [0.2, 0.25) is 0 Å². The summed E-state index contributed by atoms with van der Waals surface area (Å²) in [5.41, 5.74) is 8.31. The van der Waals surface area contributed by atoms with Crippen LogP contribution in [0.5, 0.6) is 5.75 Å². The van der Waals surface area contributed by atoms with Crippen molar-refractivity contribution in [3.63, 3.8) is 0 Å². The first-order valence-electron chi connectivity index (χ1n) is 9.63. The van der Waals surface area contributed by atoms with Gasteiger partial charge in [0.2, 0.25) is 5.91 Å². The number of benzene rings is 2. The summed E-state index contributed by atoms with van der Waals surface area (Å²) < 4.78 is 5.56. The SMILES string of the molecule is COc1ccccc1C(CNC(=O)C(N)Cc1ccccc1)N1CCCC1.Cl.Cl. The number of ether oxygens (including phenoxy) is 1. The summed E-state index contributed by atoms with van der Waals surface area (Å²) in [4.78, 5) is 15.0. The Bertz CT molecular complexity index is 740. The molecular formula is C22H31Cl2N3O2. The van der Waals surface area contributed by atoms with Gasteiger partial charge >= 0.3 is 0 Å². The predicted octanol–water partition coefficient (Wildman–Crippen LogP) is 3.36. The number of likely N-dealkylation sites (tertiary alicyclic amines) is 1. The molecule has 1 aliphatic heterocycles. The lowest BCUT2D eigenvalue weighted by Gasteiger charge is -2.29. The first kappa shape index (κ1) is 25.2. The van der Waals surface area contributed by atoms with Crippen LogP contribution in [0.4, 0.5) is 0 Å². The van der Waals surface area contributed by atoms with Gasteiger partial charge in [0.25, 0.3) is 0 Å². The Morgan fingerprint density at radius 1 is 1.07 bits per heavy atom.